The van der Waals surface area contributed by atoms with Crippen molar-refractivity contribution in [2.24, 2.45) is 0 Å². The van der Waals surface area contributed by atoms with Gasteiger partial charge in [-0.1, -0.05) is 148 Å². The van der Waals surface area contributed by atoms with Crippen LogP contribution in [0.5, 0.6) is 0 Å². The molecule has 0 aliphatic rings. The van der Waals surface area contributed by atoms with Gasteiger partial charge in [-0.05, 0) is 83.5 Å². The van der Waals surface area contributed by atoms with E-state index in [1.165, 1.54) is 0 Å². The Morgan fingerprint density at radius 3 is 1.64 bits per heavy atom. The van der Waals surface area contributed by atoms with E-state index in [1.807, 2.05) is 75.8 Å². The number of hydrogen-bond donors (Lipinski definition) is 1. The molecule has 0 amide bonds. The van der Waals surface area contributed by atoms with Crippen molar-refractivity contribution in [3.63, 3.8) is 0 Å². The van der Waals surface area contributed by atoms with Gasteiger partial charge in [-0.25, -0.2) is 0 Å². The lowest BCUT2D eigenvalue weighted by Gasteiger charge is -2.28. The van der Waals surface area contributed by atoms with Gasteiger partial charge in [-0.2, -0.15) is 0 Å². The Bertz CT molecular complexity index is 1510. The van der Waals surface area contributed by atoms with Crippen LogP contribution in [-0.4, -0.2) is 81.2 Å². The number of phosphoric acid groups is 1. The highest BCUT2D eigenvalue weighted by molar-refractivity contribution is 7.45. The lowest BCUT2D eigenvalue weighted by molar-refractivity contribution is -0.870. The van der Waals surface area contributed by atoms with Gasteiger partial charge in [0.25, 0.3) is 7.82 Å². The second-order valence-electron chi connectivity index (χ2n) is 15.1. The van der Waals surface area contributed by atoms with Crippen LogP contribution in [0.4, 0.5) is 0 Å². The SMILES string of the molecule is CC/C=C\C/C=C\C/C=C\C/C=C\C/C=C\C/C=C\CCC(=O)O[C@H](COC(=O)CCC/C=C\C/C=C\C=C\C(O)C/C=C\C/C=C\CC)COP(=O)([O-])OCC[N+](C)(C)C. The average Bonchev–Trinajstić information content (AvgIpc) is 3.21. The molecule has 0 heterocycles. The van der Waals surface area contributed by atoms with Crippen molar-refractivity contribution >= 4 is 19.8 Å². The largest absolute Gasteiger partial charge is 0.756 e. The van der Waals surface area contributed by atoms with E-state index in [1.54, 1.807) is 6.08 Å². The number of quaternary nitrogens is 1. The third-order valence-corrected chi connectivity index (χ3v) is 9.22. The summed E-state index contributed by atoms with van der Waals surface area (Å²) in [5.41, 5.74) is 0. The molecule has 0 fully saturated rings. The summed E-state index contributed by atoms with van der Waals surface area (Å²) >= 11 is 0. The summed E-state index contributed by atoms with van der Waals surface area (Å²) in [6, 6.07) is 0. The van der Waals surface area contributed by atoms with Crippen molar-refractivity contribution in [3.05, 3.63) is 134 Å². The van der Waals surface area contributed by atoms with Crippen molar-refractivity contribution < 1.29 is 47.2 Å². The maximum Gasteiger partial charge on any atom is 0.306 e. The molecule has 0 radical (unpaired) electrons. The van der Waals surface area contributed by atoms with E-state index in [2.05, 4.69) is 86.8 Å². The van der Waals surface area contributed by atoms with Crippen LogP contribution in [0.25, 0.3) is 0 Å². The standard InChI is InChI=1S/C50H78NO9P/c1-6-8-10-12-14-15-16-17-18-19-20-21-22-23-24-25-30-34-38-42-50(54)60-48(46-59-61(55,56)58-44-43-51(3,4)5)45-57-49(53)41-37-33-29-27-26-28-32-36-40-47(52)39-35-31-13-11-9-7-2/h8-11,14-15,17-18,20-21,23-24,27-32,34-36,40,47-48,52H,6-7,12-13,16,19,22,25-26,33,37-39,41-46H2,1-5H3/b10-8-,11-9-,15-14-,18-17-,21-20-,24-23-,29-27-,32-28-,34-30-,35-31-,40-36+/t47?,48-/m1/s1. The van der Waals surface area contributed by atoms with Gasteiger partial charge in [0, 0.05) is 12.8 Å². The minimum absolute atomic E-state index is 0.0659. The Morgan fingerprint density at radius 1 is 0.607 bits per heavy atom. The Balaban J connectivity index is 4.67. The number of aliphatic hydroxyl groups excluding tert-OH is 1. The molecule has 1 N–H and O–H groups in total. The van der Waals surface area contributed by atoms with Crippen LogP contribution in [0.15, 0.2) is 134 Å². The Labute approximate surface area is 369 Å². The first-order valence-electron chi connectivity index (χ1n) is 22.0. The van der Waals surface area contributed by atoms with E-state index >= 15 is 0 Å². The monoisotopic (exact) mass is 868 g/mol. The fourth-order valence-corrected chi connectivity index (χ4v) is 5.58. The molecule has 0 rings (SSSR count). The molecule has 2 unspecified atom stereocenters. The molecule has 10 nitrogen and oxygen atoms in total. The number of allylic oxidation sites excluding steroid dienone is 20. The van der Waals surface area contributed by atoms with E-state index in [9.17, 15) is 24.2 Å². The van der Waals surface area contributed by atoms with Gasteiger partial charge in [-0.15, -0.1) is 0 Å². The lowest BCUT2D eigenvalue weighted by atomic mass is 10.2. The summed E-state index contributed by atoms with van der Waals surface area (Å²) in [4.78, 5) is 37.5. The van der Waals surface area contributed by atoms with Crippen molar-refractivity contribution in [3.8, 4) is 0 Å². The molecule has 0 saturated carbocycles. The molecule has 342 valence electrons. The van der Waals surface area contributed by atoms with Gasteiger partial charge >= 0.3 is 11.9 Å². The third-order valence-electron chi connectivity index (χ3n) is 8.26. The quantitative estimate of drug-likeness (QED) is 0.0162. The molecule has 3 atom stereocenters. The second kappa shape index (κ2) is 40.2. The number of rotatable bonds is 37. The van der Waals surface area contributed by atoms with Crippen molar-refractivity contribution in [2.75, 3.05) is 47.5 Å². The maximum absolute atomic E-state index is 12.7. The highest BCUT2D eigenvalue weighted by atomic mass is 31.2. The van der Waals surface area contributed by atoms with Gasteiger partial charge in [0.05, 0.1) is 33.9 Å². The molecule has 0 aromatic carbocycles. The smallest absolute Gasteiger partial charge is 0.306 e. The number of ether oxygens (including phenoxy) is 2. The first-order valence-corrected chi connectivity index (χ1v) is 23.5. The number of nitrogens with zero attached hydrogens (tertiary/aromatic N) is 1. The van der Waals surface area contributed by atoms with Gasteiger partial charge in [-0.3, -0.25) is 14.2 Å². The summed E-state index contributed by atoms with van der Waals surface area (Å²) in [6.07, 6.45) is 53.9. The first-order chi connectivity index (χ1) is 29.4. The van der Waals surface area contributed by atoms with Crippen LogP contribution in [0.3, 0.4) is 0 Å². The third kappa shape index (κ3) is 44.0. The summed E-state index contributed by atoms with van der Waals surface area (Å²) in [7, 11) is 1.03. The molecule has 0 aromatic heterocycles. The molecule has 0 aliphatic heterocycles. The van der Waals surface area contributed by atoms with E-state index in [0.29, 0.717) is 43.1 Å². The topological polar surface area (TPSA) is 131 Å². The lowest BCUT2D eigenvalue weighted by Crippen LogP contribution is -2.37. The zero-order valence-electron chi connectivity index (χ0n) is 37.9. The number of carbonyl (C=O) groups excluding carboxylic acids is 2. The molecule has 61 heavy (non-hydrogen) atoms. The zero-order valence-corrected chi connectivity index (χ0v) is 38.8. The number of carbonyl (C=O) groups is 2. The number of likely N-dealkylation sites (N-methyl/N-ethyl adjacent to an activating group) is 1. The Hall–Kier alpha value is -3.89. The number of hydrogen-bond acceptors (Lipinski definition) is 9. The molecule has 0 aliphatic carbocycles. The summed E-state index contributed by atoms with van der Waals surface area (Å²) in [6.45, 7) is 3.71. The molecule has 0 bridgehead atoms. The van der Waals surface area contributed by atoms with E-state index in [0.717, 1.165) is 51.4 Å². The van der Waals surface area contributed by atoms with Gasteiger partial charge in [0.2, 0.25) is 0 Å². The van der Waals surface area contributed by atoms with E-state index < -0.39 is 38.6 Å². The molecule has 0 saturated heterocycles. The number of phosphoric ester groups is 1. The first kappa shape index (κ1) is 57.1. The van der Waals surface area contributed by atoms with E-state index in [-0.39, 0.29) is 26.1 Å². The fraction of sp³-hybridized carbons (Fsp3) is 0.520. The van der Waals surface area contributed by atoms with Crippen molar-refractivity contribution in [2.45, 2.75) is 122 Å². The minimum atomic E-state index is -4.68. The van der Waals surface area contributed by atoms with E-state index in [4.69, 9.17) is 18.5 Å². The average molecular weight is 868 g/mol. The normalized spacial score (nSPS) is 15.3. The van der Waals surface area contributed by atoms with Crippen molar-refractivity contribution in [1.29, 1.82) is 0 Å². The molecule has 0 aromatic rings. The molecular formula is C50H78NO9P. The maximum atomic E-state index is 12.7. The second-order valence-corrected chi connectivity index (χ2v) is 16.6. The van der Waals surface area contributed by atoms with Crippen LogP contribution in [-0.2, 0) is 32.7 Å². The van der Waals surface area contributed by atoms with Crippen LogP contribution in [0.1, 0.15) is 110 Å². The zero-order chi connectivity index (χ0) is 45.1. The van der Waals surface area contributed by atoms with Gasteiger partial charge < -0.3 is 33.0 Å². The molecule has 11 heteroatoms. The van der Waals surface area contributed by atoms with Gasteiger partial charge in [0.15, 0.2) is 6.10 Å². The van der Waals surface area contributed by atoms with Crippen LogP contribution in [0, 0.1) is 0 Å². The predicted molar refractivity (Wildman–Crippen MR) is 250 cm³/mol. The van der Waals surface area contributed by atoms with Crippen LogP contribution < -0.4 is 4.89 Å². The van der Waals surface area contributed by atoms with Crippen LogP contribution >= 0.6 is 7.82 Å². The summed E-state index contributed by atoms with van der Waals surface area (Å²) < 4.78 is 33.7. The highest BCUT2D eigenvalue weighted by Gasteiger charge is 2.21. The highest BCUT2D eigenvalue weighted by Crippen LogP contribution is 2.38. The Kier molecular flexibility index (Phi) is 37.6. The molecule has 0 spiro atoms. The van der Waals surface area contributed by atoms with Gasteiger partial charge in [0.1, 0.15) is 19.8 Å². The summed E-state index contributed by atoms with van der Waals surface area (Å²) in [5, 5.41) is 10.0. The molecular weight excluding hydrogens is 790 g/mol. The fourth-order valence-electron chi connectivity index (χ4n) is 4.86. The summed E-state index contributed by atoms with van der Waals surface area (Å²) in [5.74, 6) is -1.06. The Morgan fingerprint density at radius 2 is 1.10 bits per heavy atom. The minimum Gasteiger partial charge on any atom is -0.756 e. The number of unbranched alkanes of at least 4 members (excludes halogenated alkanes) is 1. The predicted octanol–water partition coefficient (Wildman–Crippen LogP) is 11.0. The van der Waals surface area contributed by atoms with Crippen LogP contribution in [0.2, 0.25) is 0 Å². The number of aliphatic hydroxyl groups is 1. The van der Waals surface area contributed by atoms with Crippen molar-refractivity contribution in [1.82, 2.24) is 0 Å². The number of esters is 2.